The summed E-state index contributed by atoms with van der Waals surface area (Å²) in [5.41, 5.74) is 1.66. The molecular weight excluding hydrogens is 320 g/mol. The van der Waals surface area contributed by atoms with Gasteiger partial charge in [0, 0.05) is 10.8 Å². The minimum atomic E-state index is -0.573. The van der Waals surface area contributed by atoms with Gasteiger partial charge in [0.2, 0.25) is 5.16 Å². The van der Waals surface area contributed by atoms with Gasteiger partial charge in [-0.2, -0.15) is 4.68 Å². The highest BCUT2D eigenvalue weighted by atomic mass is 35.5. The van der Waals surface area contributed by atoms with Gasteiger partial charge in [0.1, 0.15) is 0 Å². The molecule has 112 valence electrons. The molecule has 0 fully saturated rings. The monoisotopic (exact) mass is 332 g/mol. The molecule has 7 heteroatoms. The molecule has 2 aromatic carbocycles. The third-order valence-corrected chi connectivity index (χ3v) is 4.28. The Hall–Kier alpha value is -1.89. The summed E-state index contributed by atoms with van der Waals surface area (Å²) in [5, 5.41) is 23.1. The Morgan fingerprint density at radius 2 is 1.95 bits per heavy atom. The molecule has 0 aliphatic carbocycles. The fraction of sp³-hybridized carbons (Fsp3) is 0.133. The molecule has 1 atom stereocenters. The SMILES string of the molecule is OC(CSc1nnnn1-c1cccc(Cl)c1)c1ccccc1. The van der Waals surface area contributed by atoms with Crippen molar-refractivity contribution < 1.29 is 5.11 Å². The molecule has 0 radical (unpaired) electrons. The van der Waals surface area contributed by atoms with Crippen LogP contribution in [-0.4, -0.2) is 31.1 Å². The topological polar surface area (TPSA) is 63.8 Å². The third-order valence-electron chi connectivity index (χ3n) is 3.05. The van der Waals surface area contributed by atoms with E-state index < -0.39 is 6.10 Å². The second kappa shape index (κ2) is 6.91. The molecule has 22 heavy (non-hydrogen) atoms. The summed E-state index contributed by atoms with van der Waals surface area (Å²) in [6.45, 7) is 0. The van der Waals surface area contributed by atoms with Gasteiger partial charge in [-0.25, -0.2) is 0 Å². The predicted octanol–water partition coefficient (Wildman–Crippen LogP) is 3.14. The van der Waals surface area contributed by atoms with E-state index in [4.69, 9.17) is 11.6 Å². The Kier molecular flexibility index (Phi) is 4.72. The molecule has 1 unspecified atom stereocenters. The summed E-state index contributed by atoms with van der Waals surface area (Å²) < 4.78 is 1.61. The zero-order valence-corrected chi connectivity index (χ0v) is 13.1. The van der Waals surface area contributed by atoms with Gasteiger partial charge in [-0.1, -0.05) is 59.8 Å². The minimum Gasteiger partial charge on any atom is -0.388 e. The van der Waals surface area contributed by atoms with Gasteiger partial charge in [-0.05, 0) is 34.2 Å². The second-order valence-corrected chi connectivity index (χ2v) is 6.01. The van der Waals surface area contributed by atoms with Crippen molar-refractivity contribution >= 4 is 23.4 Å². The fourth-order valence-electron chi connectivity index (χ4n) is 1.96. The van der Waals surface area contributed by atoms with E-state index in [1.807, 2.05) is 42.5 Å². The predicted molar refractivity (Wildman–Crippen MR) is 86.3 cm³/mol. The summed E-state index contributed by atoms with van der Waals surface area (Å²) >= 11 is 7.38. The standard InChI is InChI=1S/C15H13ClN4OS/c16-12-7-4-8-13(9-12)20-15(17-18-19-20)22-10-14(21)11-5-2-1-3-6-11/h1-9,14,21H,10H2. The Bertz CT molecular complexity index is 750. The zero-order chi connectivity index (χ0) is 15.4. The van der Waals surface area contributed by atoms with E-state index in [0.29, 0.717) is 15.9 Å². The summed E-state index contributed by atoms with van der Waals surface area (Å²) in [7, 11) is 0. The van der Waals surface area contributed by atoms with Crippen LogP contribution in [0.4, 0.5) is 0 Å². The molecule has 1 heterocycles. The van der Waals surface area contributed by atoms with E-state index in [1.54, 1.807) is 16.8 Å². The number of hydrogen-bond donors (Lipinski definition) is 1. The van der Waals surface area contributed by atoms with Gasteiger partial charge in [-0.3, -0.25) is 0 Å². The lowest BCUT2D eigenvalue weighted by Gasteiger charge is -2.10. The third kappa shape index (κ3) is 3.47. The number of benzene rings is 2. The first-order valence-electron chi connectivity index (χ1n) is 6.64. The van der Waals surface area contributed by atoms with E-state index in [0.717, 1.165) is 11.3 Å². The average molecular weight is 333 g/mol. The molecule has 0 saturated carbocycles. The molecule has 0 bridgehead atoms. The molecule has 1 aromatic heterocycles. The molecular formula is C15H13ClN4OS. The first kappa shape index (κ1) is 15.0. The number of aromatic nitrogens is 4. The highest BCUT2D eigenvalue weighted by molar-refractivity contribution is 7.99. The number of aliphatic hydroxyl groups is 1. The Morgan fingerprint density at radius 3 is 2.73 bits per heavy atom. The van der Waals surface area contributed by atoms with Crippen LogP contribution in [0.5, 0.6) is 0 Å². The largest absolute Gasteiger partial charge is 0.388 e. The van der Waals surface area contributed by atoms with Crippen LogP contribution >= 0.6 is 23.4 Å². The average Bonchev–Trinajstić information content (AvgIpc) is 3.02. The highest BCUT2D eigenvalue weighted by Crippen LogP contribution is 2.25. The lowest BCUT2D eigenvalue weighted by Crippen LogP contribution is -2.03. The second-order valence-electron chi connectivity index (χ2n) is 4.59. The number of thioether (sulfide) groups is 1. The summed E-state index contributed by atoms with van der Waals surface area (Å²) in [5.74, 6) is 0.463. The lowest BCUT2D eigenvalue weighted by molar-refractivity contribution is 0.204. The van der Waals surface area contributed by atoms with Gasteiger partial charge in [-0.15, -0.1) is 5.10 Å². The highest BCUT2D eigenvalue weighted by Gasteiger charge is 2.13. The normalized spacial score (nSPS) is 12.3. The first-order valence-corrected chi connectivity index (χ1v) is 8.00. The zero-order valence-electron chi connectivity index (χ0n) is 11.5. The van der Waals surface area contributed by atoms with Gasteiger partial charge < -0.3 is 5.11 Å². The number of halogens is 1. The van der Waals surface area contributed by atoms with Crippen LogP contribution in [-0.2, 0) is 0 Å². The lowest BCUT2D eigenvalue weighted by atomic mass is 10.1. The summed E-state index contributed by atoms with van der Waals surface area (Å²) in [4.78, 5) is 0. The van der Waals surface area contributed by atoms with Crippen molar-refractivity contribution in [3.05, 3.63) is 65.2 Å². The smallest absolute Gasteiger partial charge is 0.214 e. The van der Waals surface area contributed by atoms with E-state index in [-0.39, 0.29) is 0 Å². The van der Waals surface area contributed by atoms with Crippen molar-refractivity contribution in [1.29, 1.82) is 0 Å². The number of aliphatic hydroxyl groups excluding tert-OH is 1. The van der Waals surface area contributed by atoms with Crippen molar-refractivity contribution in [1.82, 2.24) is 20.2 Å². The molecule has 5 nitrogen and oxygen atoms in total. The van der Waals surface area contributed by atoms with Crippen LogP contribution in [0.2, 0.25) is 5.02 Å². The van der Waals surface area contributed by atoms with Gasteiger partial charge in [0.15, 0.2) is 0 Å². The van der Waals surface area contributed by atoms with Crippen LogP contribution in [0, 0.1) is 0 Å². The fourth-order valence-corrected chi connectivity index (χ4v) is 3.01. The number of rotatable bonds is 5. The number of hydrogen-bond acceptors (Lipinski definition) is 5. The van der Waals surface area contributed by atoms with Crippen LogP contribution < -0.4 is 0 Å². The van der Waals surface area contributed by atoms with E-state index >= 15 is 0 Å². The Balaban J connectivity index is 1.73. The van der Waals surface area contributed by atoms with Crippen molar-refractivity contribution in [3.63, 3.8) is 0 Å². The Labute approximate surface area is 136 Å². The molecule has 0 saturated heterocycles. The van der Waals surface area contributed by atoms with Crippen LogP contribution in [0.15, 0.2) is 59.8 Å². The molecule has 1 N–H and O–H groups in total. The molecule has 0 aliphatic heterocycles. The van der Waals surface area contributed by atoms with E-state index in [1.165, 1.54) is 11.8 Å². The van der Waals surface area contributed by atoms with Crippen molar-refractivity contribution in [2.45, 2.75) is 11.3 Å². The maximum atomic E-state index is 10.2. The van der Waals surface area contributed by atoms with E-state index in [9.17, 15) is 5.11 Å². The minimum absolute atomic E-state index is 0.463. The number of nitrogens with zero attached hydrogens (tertiary/aromatic N) is 4. The van der Waals surface area contributed by atoms with Gasteiger partial charge >= 0.3 is 0 Å². The molecule has 0 amide bonds. The maximum Gasteiger partial charge on any atom is 0.214 e. The van der Waals surface area contributed by atoms with Crippen molar-refractivity contribution in [3.8, 4) is 5.69 Å². The maximum absolute atomic E-state index is 10.2. The van der Waals surface area contributed by atoms with Crippen molar-refractivity contribution in [2.24, 2.45) is 0 Å². The van der Waals surface area contributed by atoms with Crippen LogP contribution in [0.1, 0.15) is 11.7 Å². The van der Waals surface area contributed by atoms with E-state index in [2.05, 4.69) is 15.5 Å². The van der Waals surface area contributed by atoms with Crippen LogP contribution in [0.25, 0.3) is 5.69 Å². The van der Waals surface area contributed by atoms with Crippen molar-refractivity contribution in [2.75, 3.05) is 5.75 Å². The molecule has 0 aliphatic rings. The first-order chi connectivity index (χ1) is 10.7. The van der Waals surface area contributed by atoms with Gasteiger partial charge in [0.05, 0.1) is 11.8 Å². The summed E-state index contributed by atoms with van der Waals surface area (Å²) in [6.07, 6.45) is -0.573. The molecule has 0 spiro atoms. The molecule has 3 aromatic rings. The van der Waals surface area contributed by atoms with Gasteiger partial charge in [0.25, 0.3) is 0 Å². The quantitative estimate of drug-likeness (QED) is 0.727. The number of tetrazole rings is 1. The summed E-state index contributed by atoms with van der Waals surface area (Å²) in [6, 6.07) is 16.8. The van der Waals surface area contributed by atoms with Crippen LogP contribution in [0.3, 0.4) is 0 Å². The Morgan fingerprint density at radius 1 is 1.14 bits per heavy atom. The molecule has 3 rings (SSSR count).